The molecule has 3 rings (SSSR count). The van der Waals surface area contributed by atoms with Crippen LogP contribution in [0.2, 0.25) is 0 Å². The first-order chi connectivity index (χ1) is 10.7. The topological polar surface area (TPSA) is 85.5 Å². The van der Waals surface area contributed by atoms with Crippen LogP contribution in [0.3, 0.4) is 0 Å². The van der Waals surface area contributed by atoms with E-state index < -0.39 is 5.97 Å². The Bertz CT molecular complexity index is 784. The molecule has 0 aliphatic rings. The highest BCUT2D eigenvalue weighted by atomic mass is 16.5. The highest BCUT2D eigenvalue weighted by Gasteiger charge is 2.14. The summed E-state index contributed by atoms with van der Waals surface area (Å²) in [4.78, 5) is 11.8. The van der Waals surface area contributed by atoms with Crippen LogP contribution < -0.4 is 0 Å². The molecule has 0 aliphatic carbocycles. The van der Waals surface area contributed by atoms with E-state index in [1.54, 1.807) is 12.1 Å². The van der Waals surface area contributed by atoms with Crippen molar-refractivity contribution in [2.75, 3.05) is 0 Å². The monoisotopic (exact) mass is 296 g/mol. The van der Waals surface area contributed by atoms with Gasteiger partial charge in [-0.2, -0.15) is 0 Å². The normalized spacial score (nSPS) is 10.4. The third-order valence-electron chi connectivity index (χ3n) is 2.94. The number of aromatic hydroxyl groups is 1. The van der Waals surface area contributed by atoms with Gasteiger partial charge in [-0.3, -0.25) is 0 Å². The summed E-state index contributed by atoms with van der Waals surface area (Å²) in [6.45, 7) is -0.160. The molecule has 6 heteroatoms. The van der Waals surface area contributed by atoms with Gasteiger partial charge < -0.3 is 14.3 Å². The SMILES string of the molecule is O=C(OCc1nnc(-c2ccccc2)o1)c1ccccc1O. The second kappa shape index (κ2) is 6.09. The second-order valence-electron chi connectivity index (χ2n) is 4.46. The summed E-state index contributed by atoms with van der Waals surface area (Å²) in [6, 6.07) is 15.4. The molecule has 0 aliphatic heterocycles. The van der Waals surface area contributed by atoms with Crippen LogP contribution in [0.4, 0.5) is 0 Å². The predicted octanol–water partition coefficient (Wildman–Crippen LogP) is 2.80. The molecule has 0 saturated heterocycles. The van der Waals surface area contributed by atoms with Crippen molar-refractivity contribution in [3.05, 3.63) is 66.1 Å². The number of aromatic nitrogens is 2. The van der Waals surface area contributed by atoms with E-state index in [-0.39, 0.29) is 23.8 Å². The number of hydrogen-bond donors (Lipinski definition) is 1. The first-order valence-electron chi connectivity index (χ1n) is 6.57. The quantitative estimate of drug-likeness (QED) is 0.745. The number of carbonyl (C=O) groups is 1. The van der Waals surface area contributed by atoms with Crippen LogP contribution in [0.15, 0.2) is 59.0 Å². The summed E-state index contributed by atoms with van der Waals surface area (Å²) in [5.74, 6) is -0.252. The maximum absolute atomic E-state index is 11.8. The summed E-state index contributed by atoms with van der Waals surface area (Å²) in [6.07, 6.45) is 0. The number of hydrogen-bond acceptors (Lipinski definition) is 6. The van der Waals surface area contributed by atoms with Crippen molar-refractivity contribution in [1.82, 2.24) is 10.2 Å². The molecule has 1 N–H and O–H groups in total. The number of carbonyl (C=O) groups excluding carboxylic acids is 1. The summed E-state index contributed by atoms with van der Waals surface area (Å²) in [5, 5.41) is 17.3. The summed E-state index contributed by atoms with van der Waals surface area (Å²) in [7, 11) is 0. The lowest BCUT2D eigenvalue weighted by Gasteiger charge is -2.03. The zero-order chi connectivity index (χ0) is 15.4. The number of benzene rings is 2. The number of esters is 1. The number of nitrogens with zero attached hydrogens (tertiary/aromatic N) is 2. The fourth-order valence-corrected chi connectivity index (χ4v) is 1.86. The van der Waals surface area contributed by atoms with E-state index in [2.05, 4.69) is 10.2 Å². The third-order valence-corrected chi connectivity index (χ3v) is 2.94. The molecule has 3 aromatic rings. The maximum atomic E-state index is 11.8. The predicted molar refractivity (Wildman–Crippen MR) is 77.0 cm³/mol. The second-order valence-corrected chi connectivity index (χ2v) is 4.46. The Hall–Kier alpha value is -3.15. The van der Waals surface area contributed by atoms with Crippen LogP contribution in [0.25, 0.3) is 11.5 Å². The van der Waals surface area contributed by atoms with Gasteiger partial charge in [-0.05, 0) is 24.3 Å². The summed E-state index contributed by atoms with van der Waals surface area (Å²) >= 11 is 0. The van der Waals surface area contributed by atoms with Crippen LogP contribution in [0.5, 0.6) is 5.75 Å². The molecule has 0 unspecified atom stereocenters. The maximum Gasteiger partial charge on any atom is 0.342 e. The van der Waals surface area contributed by atoms with Gasteiger partial charge >= 0.3 is 5.97 Å². The van der Waals surface area contributed by atoms with Gasteiger partial charge in [-0.25, -0.2) is 4.79 Å². The molecule has 0 amide bonds. The molecule has 0 bridgehead atoms. The smallest absolute Gasteiger partial charge is 0.342 e. The van der Waals surface area contributed by atoms with Crippen molar-refractivity contribution in [2.45, 2.75) is 6.61 Å². The number of phenolic OH excluding ortho intramolecular Hbond substituents is 1. The van der Waals surface area contributed by atoms with Gasteiger partial charge in [0, 0.05) is 5.56 Å². The van der Waals surface area contributed by atoms with Gasteiger partial charge in [0.15, 0.2) is 6.61 Å². The van der Waals surface area contributed by atoms with Gasteiger partial charge in [0.25, 0.3) is 5.89 Å². The van der Waals surface area contributed by atoms with Crippen LogP contribution in [-0.2, 0) is 11.3 Å². The Labute approximate surface area is 126 Å². The van der Waals surface area contributed by atoms with Crippen LogP contribution >= 0.6 is 0 Å². The Morgan fingerprint density at radius 1 is 1.05 bits per heavy atom. The van der Waals surface area contributed by atoms with Gasteiger partial charge in [0.1, 0.15) is 11.3 Å². The molecule has 1 heterocycles. The van der Waals surface area contributed by atoms with Crippen molar-refractivity contribution < 1.29 is 19.1 Å². The third kappa shape index (κ3) is 2.95. The molecule has 110 valence electrons. The number of ether oxygens (including phenoxy) is 1. The van der Waals surface area contributed by atoms with E-state index >= 15 is 0 Å². The van der Waals surface area contributed by atoms with E-state index in [4.69, 9.17) is 9.15 Å². The molecule has 0 saturated carbocycles. The average molecular weight is 296 g/mol. The molecule has 22 heavy (non-hydrogen) atoms. The number of para-hydroxylation sites is 1. The molecular formula is C16H12N2O4. The molecule has 6 nitrogen and oxygen atoms in total. The lowest BCUT2D eigenvalue weighted by molar-refractivity contribution is 0.0435. The minimum atomic E-state index is -0.655. The summed E-state index contributed by atoms with van der Waals surface area (Å²) in [5.41, 5.74) is 0.874. The lowest BCUT2D eigenvalue weighted by atomic mass is 10.2. The van der Waals surface area contributed by atoms with E-state index in [1.807, 2.05) is 30.3 Å². The van der Waals surface area contributed by atoms with Crippen LogP contribution in [-0.4, -0.2) is 21.3 Å². The van der Waals surface area contributed by atoms with Gasteiger partial charge in [0.2, 0.25) is 5.89 Å². The highest BCUT2D eigenvalue weighted by molar-refractivity contribution is 5.92. The first kappa shape index (κ1) is 13.8. The fraction of sp³-hybridized carbons (Fsp3) is 0.0625. The largest absolute Gasteiger partial charge is 0.507 e. The van der Waals surface area contributed by atoms with Crippen LogP contribution in [0, 0.1) is 0 Å². The van der Waals surface area contributed by atoms with Crippen molar-refractivity contribution in [2.24, 2.45) is 0 Å². The van der Waals surface area contributed by atoms with Crippen molar-refractivity contribution in [1.29, 1.82) is 0 Å². The number of rotatable bonds is 4. The van der Waals surface area contributed by atoms with Gasteiger partial charge in [-0.15, -0.1) is 10.2 Å². The Morgan fingerprint density at radius 3 is 2.55 bits per heavy atom. The van der Waals surface area contributed by atoms with Crippen LogP contribution in [0.1, 0.15) is 16.2 Å². The minimum absolute atomic E-state index is 0.0882. The summed E-state index contributed by atoms with van der Waals surface area (Å²) < 4.78 is 10.5. The van der Waals surface area contributed by atoms with E-state index in [9.17, 15) is 9.90 Å². The standard InChI is InChI=1S/C16H12N2O4/c19-13-9-5-4-8-12(13)16(20)21-10-14-17-18-15(22-14)11-6-2-1-3-7-11/h1-9,19H,10H2. The minimum Gasteiger partial charge on any atom is -0.507 e. The Morgan fingerprint density at radius 2 is 1.77 bits per heavy atom. The van der Waals surface area contributed by atoms with E-state index in [1.165, 1.54) is 12.1 Å². The van der Waals surface area contributed by atoms with E-state index in [0.29, 0.717) is 5.89 Å². The zero-order valence-corrected chi connectivity index (χ0v) is 11.5. The Balaban J connectivity index is 1.67. The lowest BCUT2D eigenvalue weighted by Crippen LogP contribution is -2.05. The van der Waals surface area contributed by atoms with Crippen molar-refractivity contribution in [3.63, 3.8) is 0 Å². The first-order valence-corrected chi connectivity index (χ1v) is 6.57. The molecule has 0 fully saturated rings. The highest BCUT2D eigenvalue weighted by Crippen LogP contribution is 2.19. The van der Waals surface area contributed by atoms with E-state index in [0.717, 1.165) is 5.56 Å². The molecule has 0 atom stereocenters. The average Bonchev–Trinajstić information content (AvgIpc) is 3.03. The van der Waals surface area contributed by atoms with Crippen molar-refractivity contribution in [3.8, 4) is 17.2 Å². The molecular weight excluding hydrogens is 284 g/mol. The molecule has 2 aromatic carbocycles. The van der Waals surface area contributed by atoms with Crippen molar-refractivity contribution >= 4 is 5.97 Å². The molecule has 0 spiro atoms. The molecule has 1 aromatic heterocycles. The van der Waals surface area contributed by atoms with Gasteiger partial charge in [-0.1, -0.05) is 30.3 Å². The zero-order valence-electron chi connectivity index (χ0n) is 11.5. The Kier molecular flexibility index (Phi) is 3.82. The van der Waals surface area contributed by atoms with Gasteiger partial charge in [0.05, 0.1) is 0 Å². The number of phenols is 1. The molecule has 0 radical (unpaired) electrons. The fourth-order valence-electron chi connectivity index (χ4n) is 1.86.